The third-order valence-corrected chi connectivity index (χ3v) is 5.22. The van der Waals surface area contributed by atoms with Crippen molar-refractivity contribution < 1.29 is 9.84 Å². The van der Waals surface area contributed by atoms with Gasteiger partial charge in [-0.15, -0.1) is 0 Å². The molecule has 0 fully saturated rings. The second-order valence-electron chi connectivity index (χ2n) is 8.89. The number of nitrogens with zero attached hydrogens (tertiary/aromatic N) is 1. The molecule has 0 unspecified atom stereocenters. The van der Waals surface area contributed by atoms with Gasteiger partial charge in [0.2, 0.25) is 0 Å². The van der Waals surface area contributed by atoms with Gasteiger partial charge in [0.1, 0.15) is 5.75 Å². The molecule has 1 atom stereocenters. The molecule has 4 rings (SSSR count). The maximum absolute atomic E-state index is 9.58. The number of aromatic nitrogens is 1. The molecule has 0 spiro atoms. The summed E-state index contributed by atoms with van der Waals surface area (Å²) in [4.78, 5) is 6.37. The number of para-hydroxylation sites is 1. The normalized spacial score (nSPS) is 10.5. The first-order chi connectivity index (χ1) is 18.3. The molecule has 1 aromatic heterocycles. The van der Waals surface area contributed by atoms with Gasteiger partial charge in [0, 0.05) is 30.8 Å². The van der Waals surface area contributed by atoms with E-state index in [0.717, 1.165) is 18.6 Å². The Kier molecular flexibility index (Phi) is 19.7. The molecule has 0 amide bonds. The fraction of sp³-hybridized carbons (Fsp3) is 0.364. The van der Waals surface area contributed by atoms with Gasteiger partial charge in [-0.05, 0) is 68.6 Å². The predicted molar refractivity (Wildman–Crippen MR) is 167 cm³/mol. The molecule has 0 aliphatic rings. The van der Waals surface area contributed by atoms with Crippen LogP contribution in [-0.2, 0) is 6.42 Å². The highest BCUT2D eigenvalue weighted by atomic mass is 16.5. The molecule has 38 heavy (non-hydrogen) atoms. The summed E-state index contributed by atoms with van der Waals surface area (Å²) in [7, 11) is 3.31. The second-order valence-corrected chi connectivity index (χ2v) is 8.89. The van der Waals surface area contributed by atoms with Crippen LogP contribution in [0.3, 0.4) is 0 Å². The van der Waals surface area contributed by atoms with Gasteiger partial charge >= 0.3 is 0 Å². The zero-order chi connectivity index (χ0) is 28.7. The molecular weight excluding hydrogens is 470 g/mol. The summed E-state index contributed by atoms with van der Waals surface area (Å²) in [5.41, 5.74) is 2.45. The van der Waals surface area contributed by atoms with Crippen LogP contribution >= 0.6 is 0 Å². The summed E-state index contributed by atoms with van der Waals surface area (Å²) >= 11 is 0. The quantitative estimate of drug-likeness (QED) is 0.221. The highest BCUT2D eigenvalue weighted by Crippen LogP contribution is 2.17. The third kappa shape index (κ3) is 16.4. The third-order valence-electron chi connectivity index (χ3n) is 5.22. The van der Waals surface area contributed by atoms with Gasteiger partial charge in [0.05, 0.1) is 13.2 Å². The number of benzene rings is 3. The first-order valence-electron chi connectivity index (χ1n) is 13.3. The number of ether oxygens (including phenoxy) is 1. The van der Waals surface area contributed by atoms with Gasteiger partial charge in [0.15, 0.2) is 0 Å². The lowest BCUT2D eigenvalue weighted by Crippen LogP contribution is -2.44. The topological polar surface area (TPSA) is 69.6 Å². The molecule has 3 aromatic carbocycles. The van der Waals surface area contributed by atoms with Crippen LogP contribution in [0.1, 0.15) is 46.6 Å². The number of fused-ring (bicyclic) bond motifs is 1. The van der Waals surface area contributed by atoms with Gasteiger partial charge in [-0.25, -0.2) is 0 Å². The molecule has 5 nitrogen and oxygen atoms in total. The number of aliphatic hydroxyl groups is 1. The molecule has 0 bridgehead atoms. The summed E-state index contributed by atoms with van der Waals surface area (Å²) in [6.07, 6.45) is 3.39. The van der Waals surface area contributed by atoms with Crippen LogP contribution in [-0.4, -0.2) is 49.2 Å². The zero-order valence-corrected chi connectivity index (χ0v) is 24.4. The molecule has 0 saturated carbocycles. The van der Waals surface area contributed by atoms with E-state index in [4.69, 9.17) is 4.74 Å². The number of aliphatic hydroxyl groups excluding tert-OH is 1. The number of nitrogens with one attached hydrogen (secondary N) is 2. The number of methoxy groups -OCH3 is 1. The number of rotatable bonds is 7. The van der Waals surface area contributed by atoms with Crippen molar-refractivity contribution in [1.82, 2.24) is 10.3 Å². The van der Waals surface area contributed by atoms with E-state index in [1.807, 2.05) is 87.6 Å². The fourth-order valence-corrected chi connectivity index (χ4v) is 3.23. The van der Waals surface area contributed by atoms with Crippen molar-refractivity contribution in [3.05, 3.63) is 103 Å². The minimum Gasteiger partial charge on any atom is -0.497 e. The van der Waals surface area contributed by atoms with E-state index in [1.54, 1.807) is 14.2 Å². The molecule has 0 saturated heterocycles. The molecule has 1 heterocycles. The standard InChI is InChI=1S/C15H25NO2.C8H7N.C6H6.C2H5N.C2H6/c1-5-13(17)11-16-15(2,3)10-12-6-8-14(18-4)9-7-12;1-2-4-8-7(3-1)5-6-9-8;1-2-4-6-5-3-1;1-3-2;1-2/h6-9,13,16-17H,5,10-11H2,1-4H3;1-6,9H;1-6H;1H2,2H3;1-2H3/t13-;;;;/m1..../s1. The van der Waals surface area contributed by atoms with Crippen molar-refractivity contribution in [2.24, 2.45) is 4.99 Å². The first-order valence-corrected chi connectivity index (χ1v) is 13.3. The molecule has 0 aliphatic carbocycles. The smallest absolute Gasteiger partial charge is 0.118 e. The van der Waals surface area contributed by atoms with Crippen LogP contribution in [0.15, 0.2) is 102 Å². The number of aromatic amines is 1. The molecule has 4 aromatic rings. The largest absolute Gasteiger partial charge is 0.497 e. The number of aliphatic imine (C=N–C) groups is 1. The van der Waals surface area contributed by atoms with Gasteiger partial charge < -0.3 is 25.1 Å². The van der Waals surface area contributed by atoms with E-state index in [0.29, 0.717) is 6.54 Å². The summed E-state index contributed by atoms with van der Waals surface area (Å²) in [5, 5.41) is 14.3. The van der Waals surface area contributed by atoms with Crippen molar-refractivity contribution in [2.45, 2.75) is 59.1 Å². The average molecular weight is 520 g/mol. The van der Waals surface area contributed by atoms with E-state index in [9.17, 15) is 5.11 Å². The van der Waals surface area contributed by atoms with Crippen LogP contribution in [0.4, 0.5) is 0 Å². The van der Waals surface area contributed by atoms with Gasteiger partial charge in [-0.2, -0.15) is 0 Å². The SMILES string of the molecule is C=NC.CC.CC[C@@H](O)CNC(C)(C)Cc1ccc(OC)cc1.c1ccc2[nH]ccc2c1.c1ccccc1. The van der Waals surface area contributed by atoms with E-state index in [1.165, 1.54) is 16.5 Å². The minimum atomic E-state index is -0.264. The second kappa shape index (κ2) is 21.7. The number of hydrogen-bond donors (Lipinski definition) is 3. The zero-order valence-electron chi connectivity index (χ0n) is 24.4. The highest BCUT2D eigenvalue weighted by Gasteiger charge is 2.18. The van der Waals surface area contributed by atoms with Crippen molar-refractivity contribution in [1.29, 1.82) is 0 Å². The van der Waals surface area contributed by atoms with Crippen LogP contribution in [0.2, 0.25) is 0 Å². The van der Waals surface area contributed by atoms with Crippen LogP contribution in [0.25, 0.3) is 10.9 Å². The Balaban J connectivity index is 0.000000561. The van der Waals surface area contributed by atoms with Gasteiger partial charge in [-0.3, -0.25) is 0 Å². The lowest BCUT2D eigenvalue weighted by atomic mass is 9.94. The number of hydrogen-bond acceptors (Lipinski definition) is 4. The Morgan fingerprint density at radius 3 is 1.92 bits per heavy atom. The molecule has 208 valence electrons. The monoisotopic (exact) mass is 519 g/mol. The molecule has 0 radical (unpaired) electrons. The van der Waals surface area contributed by atoms with Crippen LogP contribution in [0, 0.1) is 0 Å². The van der Waals surface area contributed by atoms with Gasteiger partial charge in [0.25, 0.3) is 0 Å². The first kappa shape index (κ1) is 34.6. The van der Waals surface area contributed by atoms with Crippen molar-refractivity contribution in [3.8, 4) is 5.75 Å². The molecule has 5 heteroatoms. The van der Waals surface area contributed by atoms with Gasteiger partial charge in [-0.1, -0.05) is 87.5 Å². The molecule has 3 N–H and O–H groups in total. The van der Waals surface area contributed by atoms with Crippen molar-refractivity contribution >= 4 is 17.6 Å². The van der Waals surface area contributed by atoms with Crippen LogP contribution < -0.4 is 10.1 Å². The Morgan fingerprint density at radius 1 is 0.921 bits per heavy atom. The summed E-state index contributed by atoms with van der Waals surface area (Å²) in [6.45, 7) is 14.0. The van der Waals surface area contributed by atoms with Crippen molar-refractivity contribution in [2.75, 3.05) is 20.7 Å². The van der Waals surface area contributed by atoms with E-state index < -0.39 is 0 Å². The summed E-state index contributed by atoms with van der Waals surface area (Å²) < 4.78 is 5.14. The van der Waals surface area contributed by atoms with Crippen LogP contribution in [0.5, 0.6) is 5.75 Å². The Labute approximate surface area is 231 Å². The van der Waals surface area contributed by atoms with E-state index in [2.05, 4.69) is 66.2 Å². The Morgan fingerprint density at radius 2 is 1.45 bits per heavy atom. The minimum absolute atomic E-state index is 0.0231. The lowest BCUT2D eigenvalue weighted by Gasteiger charge is -2.28. The van der Waals surface area contributed by atoms with Crippen molar-refractivity contribution in [3.63, 3.8) is 0 Å². The maximum atomic E-state index is 9.58. The Hall–Kier alpha value is -3.41. The van der Waals surface area contributed by atoms with E-state index >= 15 is 0 Å². The average Bonchev–Trinajstić information content (AvgIpc) is 3.44. The van der Waals surface area contributed by atoms with E-state index in [-0.39, 0.29) is 11.6 Å². The summed E-state index contributed by atoms with van der Waals surface area (Å²) in [6, 6.07) is 30.4. The fourth-order valence-electron chi connectivity index (χ4n) is 3.23. The Bertz CT molecular complexity index is 1000. The summed E-state index contributed by atoms with van der Waals surface area (Å²) in [5.74, 6) is 0.880. The maximum Gasteiger partial charge on any atom is 0.118 e. The number of β-amino-alcohol motifs (C(OH)–C–C–N with tert-alkyl or cyclic N) is 1. The predicted octanol–water partition coefficient (Wildman–Crippen LogP) is 7.57. The molecular formula is C33H49N3O2. The number of H-pyrrole nitrogens is 1. The molecule has 0 aliphatic heterocycles. The lowest BCUT2D eigenvalue weighted by molar-refractivity contribution is 0.154. The highest BCUT2D eigenvalue weighted by molar-refractivity contribution is 5.78.